The van der Waals surface area contributed by atoms with Gasteiger partial charge in [-0.25, -0.2) is 0 Å². The molecule has 0 aromatic heterocycles. The van der Waals surface area contributed by atoms with Crippen LogP contribution in [0, 0.1) is 45.3 Å². The summed E-state index contributed by atoms with van der Waals surface area (Å²) < 4.78 is 6.30. The van der Waals surface area contributed by atoms with Crippen LogP contribution in [0.15, 0.2) is 23.5 Å². The van der Waals surface area contributed by atoms with Gasteiger partial charge >= 0.3 is 0 Å². The van der Waals surface area contributed by atoms with Gasteiger partial charge in [0.05, 0.1) is 12.2 Å². The summed E-state index contributed by atoms with van der Waals surface area (Å²) in [6.07, 6.45) is 3.57. The largest absolute Gasteiger partial charge is 0.483 e. The first-order chi connectivity index (χ1) is 16.5. The molecule has 198 valence electrons. The van der Waals surface area contributed by atoms with Crippen molar-refractivity contribution in [2.75, 3.05) is 0 Å². The number of aliphatic hydroxyl groups is 2. The Morgan fingerprint density at radius 3 is 2.17 bits per heavy atom. The van der Waals surface area contributed by atoms with Crippen LogP contribution in [0.3, 0.4) is 0 Å². The average Bonchev–Trinajstić information content (AvgIpc) is 3.15. The maximum absolute atomic E-state index is 14.3. The average molecular weight is 499 g/mol. The minimum absolute atomic E-state index is 0.0220. The molecule has 0 saturated heterocycles. The number of ketones is 3. The molecule has 4 aliphatic carbocycles. The molecule has 0 unspecified atom stereocenters. The highest BCUT2D eigenvalue weighted by atomic mass is 16.5. The molecule has 36 heavy (non-hydrogen) atoms. The molecular formula is C30H42O6. The number of fused-ring (bicyclic) bond motifs is 5. The zero-order chi connectivity index (χ0) is 26.8. The second-order valence-corrected chi connectivity index (χ2v) is 14.0. The highest BCUT2D eigenvalue weighted by Gasteiger charge is 2.77. The molecule has 0 aromatic rings. The van der Waals surface area contributed by atoms with E-state index in [-0.39, 0.29) is 35.6 Å². The van der Waals surface area contributed by atoms with Crippen LogP contribution in [0.25, 0.3) is 0 Å². The van der Waals surface area contributed by atoms with Crippen molar-refractivity contribution in [1.82, 2.24) is 0 Å². The highest BCUT2D eigenvalue weighted by molar-refractivity contribution is 6.03. The van der Waals surface area contributed by atoms with Crippen molar-refractivity contribution in [2.24, 2.45) is 45.3 Å². The first-order valence-corrected chi connectivity index (χ1v) is 13.6. The van der Waals surface area contributed by atoms with E-state index in [2.05, 4.69) is 0 Å². The Hall–Kier alpha value is -1.79. The topological polar surface area (TPSA) is 101 Å². The molecule has 0 radical (unpaired) electrons. The summed E-state index contributed by atoms with van der Waals surface area (Å²) >= 11 is 0. The van der Waals surface area contributed by atoms with E-state index in [9.17, 15) is 24.6 Å². The van der Waals surface area contributed by atoms with E-state index in [1.54, 1.807) is 19.1 Å². The number of Topliss-reactive ketones (excluding diaryl/α,β-unsaturated/α-hetero) is 1. The number of carbonyl (C=O) groups is 3. The van der Waals surface area contributed by atoms with E-state index in [4.69, 9.17) is 4.74 Å². The van der Waals surface area contributed by atoms with Crippen LogP contribution in [-0.4, -0.2) is 45.4 Å². The number of rotatable bonds is 2. The predicted octanol–water partition coefficient (Wildman–Crippen LogP) is 4.18. The van der Waals surface area contributed by atoms with Crippen molar-refractivity contribution >= 4 is 17.3 Å². The molecule has 3 fully saturated rings. The highest BCUT2D eigenvalue weighted by Crippen LogP contribution is 2.74. The molecule has 5 aliphatic rings. The van der Waals surface area contributed by atoms with Gasteiger partial charge in [-0.3, -0.25) is 14.4 Å². The number of aliphatic hydroxyl groups excluding tert-OH is 2. The van der Waals surface area contributed by atoms with Crippen molar-refractivity contribution in [3.8, 4) is 0 Å². The lowest BCUT2D eigenvalue weighted by Crippen LogP contribution is -2.66. The van der Waals surface area contributed by atoms with Gasteiger partial charge in [0.1, 0.15) is 11.5 Å². The van der Waals surface area contributed by atoms with Gasteiger partial charge in [-0.15, -0.1) is 0 Å². The van der Waals surface area contributed by atoms with E-state index in [0.717, 1.165) is 5.57 Å². The van der Waals surface area contributed by atoms with Gasteiger partial charge in [-0.1, -0.05) is 54.0 Å². The maximum Gasteiger partial charge on any atom is 0.202 e. The van der Waals surface area contributed by atoms with Crippen LogP contribution in [0.1, 0.15) is 81.1 Å². The Bertz CT molecular complexity index is 1110. The van der Waals surface area contributed by atoms with Crippen LogP contribution in [-0.2, 0) is 19.1 Å². The lowest BCUT2D eigenvalue weighted by atomic mass is 9.38. The summed E-state index contributed by atoms with van der Waals surface area (Å²) in [5, 5.41) is 22.3. The predicted molar refractivity (Wildman–Crippen MR) is 135 cm³/mol. The number of hydrogen-bond acceptors (Lipinski definition) is 6. The fourth-order valence-corrected chi connectivity index (χ4v) is 9.38. The summed E-state index contributed by atoms with van der Waals surface area (Å²) in [4.78, 5) is 41.7. The van der Waals surface area contributed by atoms with E-state index >= 15 is 0 Å². The Kier molecular flexibility index (Phi) is 5.32. The third-order valence-corrected chi connectivity index (χ3v) is 11.6. The van der Waals surface area contributed by atoms with Gasteiger partial charge in [-0.05, 0) is 49.0 Å². The summed E-state index contributed by atoms with van der Waals surface area (Å²) in [7, 11) is 0. The number of carbonyl (C=O) groups excluding carboxylic acids is 3. The quantitative estimate of drug-likeness (QED) is 0.592. The zero-order valence-electron chi connectivity index (χ0n) is 23.0. The molecule has 2 N–H and O–H groups in total. The molecule has 5 rings (SSSR count). The van der Waals surface area contributed by atoms with Crippen LogP contribution >= 0.6 is 0 Å². The van der Waals surface area contributed by atoms with E-state index in [1.807, 2.05) is 48.5 Å². The van der Waals surface area contributed by atoms with Gasteiger partial charge in [0, 0.05) is 41.1 Å². The van der Waals surface area contributed by atoms with Gasteiger partial charge in [0.2, 0.25) is 5.78 Å². The van der Waals surface area contributed by atoms with Crippen LogP contribution in [0.5, 0.6) is 0 Å². The first kappa shape index (κ1) is 25.8. The lowest BCUT2D eigenvalue weighted by Gasteiger charge is -2.63. The van der Waals surface area contributed by atoms with Crippen LogP contribution < -0.4 is 0 Å². The third kappa shape index (κ3) is 2.83. The van der Waals surface area contributed by atoms with Crippen molar-refractivity contribution < 1.29 is 29.3 Å². The zero-order valence-corrected chi connectivity index (χ0v) is 23.0. The minimum Gasteiger partial charge on any atom is -0.483 e. The Labute approximate surface area is 214 Å². The lowest BCUT2D eigenvalue weighted by molar-refractivity contribution is -0.185. The van der Waals surface area contributed by atoms with E-state index < -0.39 is 51.3 Å². The SMILES string of the molecule is CC(C)C1=CC(=O)[C@](C)([C@H]2[C@H](O)C[C@@]3(C)[C@@H]4C(=O)C=C5[C@@H](CC[C@@H](O)C5(C)C)[C@]4(C)C(=O)C[C@]23C)O1. The van der Waals surface area contributed by atoms with Crippen molar-refractivity contribution in [3.05, 3.63) is 23.5 Å². The summed E-state index contributed by atoms with van der Waals surface area (Å²) in [6.45, 7) is 15.6. The second kappa shape index (κ2) is 7.41. The van der Waals surface area contributed by atoms with Gasteiger partial charge in [0.15, 0.2) is 11.4 Å². The van der Waals surface area contributed by atoms with Gasteiger partial charge < -0.3 is 14.9 Å². The van der Waals surface area contributed by atoms with E-state index in [0.29, 0.717) is 25.0 Å². The first-order valence-electron chi connectivity index (χ1n) is 13.6. The number of ether oxygens (including phenoxy) is 1. The molecule has 1 aliphatic heterocycles. The summed E-state index contributed by atoms with van der Waals surface area (Å²) in [5.41, 5.74) is -3.40. The Morgan fingerprint density at radius 1 is 0.944 bits per heavy atom. The smallest absolute Gasteiger partial charge is 0.202 e. The standard InChI is InChI=1S/C30H42O6/c1-15(2)20-12-22(34)30(8,36-20)25-19(32)13-27(5)24-18(31)11-17-16(9-10-21(33)26(17,3)4)29(24,7)23(35)14-28(25,27)6/h11-12,15-16,19,21,24-25,32-33H,9-10,13-14H2,1-8H3/t16-,19-,21-,24+,25+,27+,28-,29-,30-/m1/s1. The molecule has 1 heterocycles. The monoisotopic (exact) mass is 498 g/mol. The Balaban J connectivity index is 1.64. The molecule has 0 aromatic carbocycles. The van der Waals surface area contributed by atoms with Crippen molar-refractivity contribution in [3.63, 3.8) is 0 Å². The van der Waals surface area contributed by atoms with Crippen LogP contribution in [0.4, 0.5) is 0 Å². The maximum atomic E-state index is 14.3. The number of allylic oxidation sites excluding steroid dienone is 2. The van der Waals surface area contributed by atoms with Gasteiger partial charge in [-0.2, -0.15) is 0 Å². The fourth-order valence-electron chi connectivity index (χ4n) is 9.38. The molecular weight excluding hydrogens is 456 g/mol. The molecule has 6 nitrogen and oxygen atoms in total. The van der Waals surface area contributed by atoms with Crippen LogP contribution in [0.2, 0.25) is 0 Å². The van der Waals surface area contributed by atoms with Crippen molar-refractivity contribution in [1.29, 1.82) is 0 Å². The molecule has 9 atom stereocenters. The molecule has 0 spiro atoms. The normalized spacial score (nSPS) is 49.8. The third-order valence-electron chi connectivity index (χ3n) is 11.6. The fraction of sp³-hybridized carbons (Fsp3) is 0.767. The summed E-state index contributed by atoms with van der Waals surface area (Å²) in [5.74, 6) is -0.972. The molecule has 3 saturated carbocycles. The Morgan fingerprint density at radius 2 is 1.58 bits per heavy atom. The number of hydrogen-bond donors (Lipinski definition) is 2. The van der Waals surface area contributed by atoms with Gasteiger partial charge in [0.25, 0.3) is 0 Å². The van der Waals surface area contributed by atoms with E-state index in [1.165, 1.54) is 0 Å². The molecule has 6 heteroatoms. The van der Waals surface area contributed by atoms with Crippen molar-refractivity contribution in [2.45, 2.75) is 98.9 Å². The molecule has 0 bridgehead atoms. The minimum atomic E-state index is -1.28. The summed E-state index contributed by atoms with van der Waals surface area (Å²) in [6, 6.07) is 0. The second-order valence-electron chi connectivity index (χ2n) is 14.0. The molecule has 0 amide bonds.